The Morgan fingerprint density at radius 2 is 2.33 bits per heavy atom. The molecule has 0 bridgehead atoms. The molecule has 0 spiro atoms. The minimum absolute atomic E-state index is 0. The number of aliphatic imine (C=N–C) groups is 1. The lowest BCUT2D eigenvalue weighted by Gasteiger charge is -2.18. The summed E-state index contributed by atoms with van der Waals surface area (Å²) in [6.07, 6.45) is 3.34. The molecule has 0 aromatic heterocycles. The van der Waals surface area contributed by atoms with Gasteiger partial charge in [-0.3, -0.25) is 9.79 Å². The van der Waals surface area contributed by atoms with E-state index in [-0.39, 0.29) is 29.9 Å². The maximum Gasteiger partial charge on any atom is 0.222 e. The van der Waals surface area contributed by atoms with Crippen LogP contribution >= 0.6 is 24.0 Å². The van der Waals surface area contributed by atoms with Crippen molar-refractivity contribution in [3.05, 3.63) is 12.7 Å². The van der Waals surface area contributed by atoms with Crippen molar-refractivity contribution in [2.45, 2.75) is 25.8 Å². The number of amides is 1. The van der Waals surface area contributed by atoms with Crippen LogP contribution in [-0.4, -0.2) is 49.5 Å². The molecule has 0 aromatic rings. The number of likely N-dealkylation sites (tertiary alicyclic amines) is 1. The monoisotopic (exact) mass is 366 g/mol. The highest BCUT2D eigenvalue weighted by molar-refractivity contribution is 14.0. The summed E-state index contributed by atoms with van der Waals surface area (Å²) in [5, 5.41) is 6.43. The lowest BCUT2D eigenvalue weighted by molar-refractivity contribution is -0.129. The Morgan fingerprint density at radius 1 is 1.61 bits per heavy atom. The summed E-state index contributed by atoms with van der Waals surface area (Å²) in [4.78, 5) is 17.5. The second-order valence-electron chi connectivity index (χ2n) is 4.07. The standard InChI is InChI=1S/C12H22N4O.HI/c1-4-7-14-12(13-3)15-10-6-8-16(9-10)11(17)5-2;/h4,10H,1,5-9H2,2-3H3,(H2,13,14,15);1H. The zero-order valence-corrected chi connectivity index (χ0v) is 13.4. The van der Waals surface area contributed by atoms with Crippen molar-refractivity contribution >= 4 is 35.8 Å². The number of hydrogen-bond donors (Lipinski definition) is 2. The van der Waals surface area contributed by atoms with Gasteiger partial charge in [0, 0.05) is 39.1 Å². The minimum atomic E-state index is 0. The number of rotatable bonds is 4. The van der Waals surface area contributed by atoms with Gasteiger partial charge < -0.3 is 15.5 Å². The summed E-state index contributed by atoms with van der Waals surface area (Å²) in [6.45, 7) is 7.83. The van der Waals surface area contributed by atoms with Gasteiger partial charge in [-0.2, -0.15) is 0 Å². The van der Waals surface area contributed by atoms with E-state index in [9.17, 15) is 4.79 Å². The second kappa shape index (κ2) is 9.18. The van der Waals surface area contributed by atoms with Gasteiger partial charge in [-0.25, -0.2) is 0 Å². The van der Waals surface area contributed by atoms with Crippen LogP contribution < -0.4 is 10.6 Å². The van der Waals surface area contributed by atoms with Gasteiger partial charge in [0.2, 0.25) is 5.91 Å². The number of guanidine groups is 1. The molecule has 6 heteroatoms. The first-order valence-electron chi connectivity index (χ1n) is 6.07. The average molecular weight is 366 g/mol. The maximum atomic E-state index is 11.5. The first-order chi connectivity index (χ1) is 8.21. The number of carbonyl (C=O) groups is 1. The Bertz CT molecular complexity index is 306. The Hall–Kier alpha value is -0.790. The molecule has 1 unspecified atom stereocenters. The molecule has 1 saturated heterocycles. The molecule has 0 radical (unpaired) electrons. The van der Waals surface area contributed by atoms with E-state index >= 15 is 0 Å². The lowest BCUT2D eigenvalue weighted by Crippen LogP contribution is -2.45. The number of hydrogen-bond acceptors (Lipinski definition) is 2. The van der Waals surface area contributed by atoms with E-state index in [1.807, 2.05) is 11.8 Å². The van der Waals surface area contributed by atoms with E-state index < -0.39 is 0 Å². The van der Waals surface area contributed by atoms with Gasteiger partial charge in [-0.1, -0.05) is 13.0 Å². The molecular weight excluding hydrogens is 343 g/mol. The van der Waals surface area contributed by atoms with E-state index in [4.69, 9.17) is 0 Å². The van der Waals surface area contributed by atoms with Crippen LogP contribution in [0.3, 0.4) is 0 Å². The van der Waals surface area contributed by atoms with Crippen LogP contribution in [0.25, 0.3) is 0 Å². The van der Waals surface area contributed by atoms with Crippen LogP contribution in [0.15, 0.2) is 17.6 Å². The molecule has 0 aliphatic carbocycles. The molecule has 2 N–H and O–H groups in total. The van der Waals surface area contributed by atoms with Crippen molar-refractivity contribution < 1.29 is 4.79 Å². The maximum absolute atomic E-state index is 11.5. The fraction of sp³-hybridized carbons (Fsp3) is 0.667. The van der Waals surface area contributed by atoms with Crippen molar-refractivity contribution in [1.29, 1.82) is 0 Å². The summed E-state index contributed by atoms with van der Waals surface area (Å²) in [7, 11) is 1.74. The second-order valence-corrected chi connectivity index (χ2v) is 4.07. The molecule has 1 heterocycles. The zero-order valence-electron chi connectivity index (χ0n) is 11.1. The molecule has 18 heavy (non-hydrogen) atoms. The van der Waals surface area contributed by atoms with E-state index in [1.165, 1.54) is 0 Å². The Kier molecular flexibility index (Phi) is 8.78. The van der Waals surface area contributed by atoms with Gasteiger partial charge in [0.05, 0.1) is 0 Å². The fourth-order valence-electron chi connectivity index (χ4n) is 1.89. The van der Waals surface area contributed by atoms with Crippen molar-refractivity contribution in [2.24, 2.45) is 4.99 Å². The van der Waals surface area contributed by atoms with Crippen LogP contribution in [0.1, 0.15) is 19.8 Å². The summed E-state index contributed by atoms with van der Waals surface area (Å²) in [5.74, 6) is 0.990. The van der Waals surface area contributed by atoms with Gasteiger partial charge in [-0.05, 0) is 6.42 Å². The zero-order chi connectivity index (χ0) is 12.7. The van der Waals surface area contributed by atoms with Gasteiger partial charge in [0.15, 0.2) is 5.96 Å². The Balaban J connectivity index is 0.00000289. The molecular formula is C12H23IN4O. The third kappa shape index (κ3) is 5.24. The Labute approximate surface area is 126 Å². The van der Waals surface area contributed by atoms with E-state index in [0.717, 1.165) is 25.5 Å². The number of carbonyl (C=O) groups excluding carboxylic acids is 1. The molecule has 104 valence electrons. The van der Waals surface area contributed by atoms with Crippen molar-refractivity contribution in [3.8, 4) is 0 Å². The Morgan fingerprint density at radius 3 is 2.89 bits per heavy atom. The number of halogens is 1. The first-order valence-corrected chi connectivity index (χ1v) is 6.07. The third-order valence-corrected chi connectivity index (χ3v) is 2.82. The summed E-state index contributed by atoms with van der Waals surface area (Å²) in [5.41, 5.74) is 0. The van der Waals surface area contributed by atoms with Crippen LogP contribution in [0.4, 0.5) is 0 Å². The highest BCUT2D eigenvalue weighted by Crippen LogP contribution is 2.10. The van der Waals surface area contributed by atoms with Crippen LogP contribution in [0.2, 0.25) is 0 Å². The molecule has 1 aliphatic heterocycles. The summed E-state index contributed by atoms with van der Waals surface area (Å²) >= 11 is 0. The molecule has 1 fully saturated rings. The van der Waals surface area contributed by atoms with Crippen LogP contribution in [0, 0.1) is 0 Å². The van der Waals surface area contributed by atoms with Gasteiger partial charge >= 0.3 is 0 Å². The first kappa shape index (κ1) is 17.2. The normalized spacial score (nSPS) is 19.1. The van der Waals surface area contributed by atoms with Crippen LogP contribution in [0.5, 0.6) is 0 Å². The van der Waals surface area contributed by atoms with Crippen molar-refractivity contribution in [3.63, 3.8) is 0 Å². The van der Waals surface area contributed by atoms with Gasteiger partial charge in [0.25, 0.3) is 0 Å². The predicted octanol–water partition coefficient (Wildman–Crippen LogP) is 0.966. The molecule has 1 amide bonds. The summed E-state index contributed by atoms with van der Waals surface area (Å²) in [6, 6.07) is 0.293. The van der Waals surface area contributed by atoms with Gasteiger partial charge in [-0.15, -0.1) is 30.6 Å². The van der Waals surface area contributed by atoms with E-state index in [1.54, 1.807) is 13.1 Å². The molecule has 1 rings (SSSR count). The molecule has 1 atom stereocenters. The number of nitrogens with one attached hydrogen (secondary N) is 2. The van der Waals surface area contributed by atoms with Crippen molar-refractivity contribution in [2.75, 3.05) is 26.7 Å². The lowest BCUT2D eigenvalue weighted by atomic mass is 10.3. The molecule has 0 saturated carbocycles. The average Bonchev–Trinajstić information content (AvgIpc) is 2.81. The molecule has 1 aliphatic rings. The molecule has 5 nitrogen and oxygen atoms in total. The predicted molar refractivity (Wildman–Crippen MR) is 85.4 cm³/mol. The molecule has 0 aromatic carbocycles. The largest absolute Gasteiger partial charge is 0.353 e. The smallest absolute Gasteiger partial charge is 0.222 e. The van der Waals surface area contributed by atoms with Crippen LogP contribution in [-0.2, 0) is 4.79 Å². The van der Waals surface area contributed by atoms with Gasteiger partial charge in [0.1, 0.15) is 0 Å². The fourth-order valence-corrected chi connectivity index (χ4v) is 1.89. The van der Waals surface area contributed by atoms with E-state index in [0.29, 0.717) is 19.0 Å². The number of nitrogens with zero attached hydrogens (tertiary/aromatic N) is 2. The SMILES string of the molecule is C=CCNC(=NC)NC1CCN(C(=O)CC)C1.I. The minimum Gasteiger partial charge on any atom is -0.353 e. The van der Waals surface area contributed by atoms with E-state index in [2.05, 4.69) is 22.2 Å². The van der Waals surface area contributed by atoms with Crippen molar-refractivity contribution in [1.82, 2.24) is 15.5 Å². The summed E-state index contributed by atoms with van der Waals surface area (Å²) < 4.78 is 0. The highest BCUT2D eigenvalue weighted by Gasteiger charge is 2.25. The third-order valence-electron chi connectivity index (χ3n) is 2.82. The topological polar surface area (TPSA) is 56.7 Å². The quantitative estimate of drug-likeness (QED) is 0.337. The highest BCUT2D eigenvalue weighted by atomic mass is 127.